The number of aromatic nitrogens is 2. The monoisotopic (exact) mass is 286 g/mol. The van der Waals surface area contributed by atoms with Crippen molar-refractivity contribution in [2.45, 2.75) is 6.61 Å². The number of carbonyl (C=O) groups excluding carboxylic acids is 2. The Kier molecular flexibility index (Phi) is 4.94. The molecule has 0 aliphatic heterocycles. The Morgan fingerprint density at radius 1 is 1.14 bits per heavy atom. The SMILES string of the molecule is NCC(=O)NC(=O)c1ncccc1OCc1ccccn1. The largest absolute Gasteiger partial charge is 0.485 e. The number of amides is 2. The van der Waals surface area contributed by atoms with Gasteiger partial charge in [0.15, 0.2) is 11.4 Å². The van der Waals surface area contributed by atoms with Crippen molar-refractivity contribution in [3.05, 3.63) is 54.1 Å². The van der Waals surface area contributed by atoms with E-state index in [0.717, 1.165) is 0 Å². The van der Waals surface area contributed by atoms with Crippen LogP contribution in [0.15, 0.2) is 42.7 Å². The zero-order valence-corrected chi connectivity index (χ0v) is 11.2. The van der Waals surface area contributed by atoms with E-state index in [1.807, 2.05) is 6.07 Å². The number of pyridine rings is 2. The molecule has 2 heterocycles. The van der Waals surface area contributed by atoms with Gasteiger partial charge in [0.25, 0.3) is 5.91 Å². The van der Waals surface area contributed by atoms with Crippen LogP contribution in [-0.2, 0) is 11.4 Å². The standard InChI is InChI=1S/C14H14N4O3/c15-8-12(19)18-14(20)13-11(5-3-7-17-13)21-9-10-4-1-2-6-16-10/h1-7H,8-9,15H2,(H,18,19,20). The Bertz CT molecular complexity index is 631. The van der Waals surface area contributed by atoms with Crippen LogP contribution in [-0.4, -0.2) is 28.3 Å². The van der Waals surface area contributed by atoms with Crippen molar-refractivity contribution in [1.29, 1.82) is 0 Å². The average molecular weight is 286 g/mol. The molecule has 0 saturated heterocycles. The molecule has 21 heavy (non-hydrogen) atoms. The lowest BCUT2D eigenvalue weighted by molar-refractivity contribution is -0.118. The van der Waals surface area contributed by atoms with Crippen LogP contribution in [0.25, 0.3) is 0 Å². The molecule has 108 valence electrons. The summed E-state index contributed by atoms with van der Waals surface area (Å²) in [6, 6.07) is 8.66. The van der Waals surface area contributed by atoms with Gasteiger partial charge in [-0.1, -0.05) is 6.07 Å². The molecule has 0 atom stereocenters. The molecule has 7 heteroatoms. The predicted molar refractivity (Wildman–Crippen MR) is 74.3 cm³/mol. The van der Waals surface area contributed by atoms with Gasteiger partial charge in [-0.3, -0.25) is 19.9 Å². The number of carbonyl (C=O) groups is 2. The van der Waals surface area contributed by atoms with E-state index in [-0.39, 0.29) is 24.6 Å². The minimum Gasteiger partial charge on any atom is -0.485 e. The molecule has 2 aromatic rings. The van der Waals surface area contributed by atoms with E-state index < -0.39 is 11.8 Å². The molecule has 2 amide bonds. The van der Waals surface area contributed by atoms with E-state index in [1.165, 1.54) is 6.20 Å². The Hall–Kier alpha value is -2.80. The summed E-state index contributed by atoms with van der Waals surface area (Å²) in [5, 5.41) is 2.12. The Labute approximate surface area is 121 Å². The van der Waals surface area contributed by atoms with E-state index in [2.05, 4.69) is 15.3 Å². The van der Waals surface area contributed by atoms with E-state index >= 15 is 0 Å². The molecule has 0 radical (unpaired) electrons. The highest BCUT2D eigenvalue weighted by Gasteiger charge is 2.16. The topological polar surface area (TPSA) is 107 Å². The molecule has 2 rings (SSSR count). The van der Waals surface area contributed by atoms with Crippen molar-refractivity contribution < 1.29 is 14.3 Å². The third-order valence-electron chi connectivity index (χ3n) is 2.53. The zero-order chi connectivity index (χ0) is 15.1. The lowest BCUT2D eigenvalue weighted by atomic mass is 10.3. The fourth-order valence-corrected chi connectivity index (χ4v) is 1.55. The molecule has 0 saturated carbocycles. The molecule has 0 unspecified atom stereocenters. The van der Waals surface area contributed by atoms with E-state index in [9.17, 15) is 9.59 Å². The fourth-order valence-electron chi connectivity index (χ4n) is 1.55. The summed E-state index contributed by atoms with van der Waals surface area (Å²) in [5.41, 5.74) is 5.88. The minimum absolute atomic E-state index is 0.0234. The molecular formula is C14H14N4O3. The number of ether oxygens (including phenoxy) is 1. The van der Waals surface area contributed by atoms with Gasteiger partial charge in [0.05, 0.1) is 12.2 Å². The van der Waals surface area contributed by atoms with Crippen LogP contribution in [0, 0.1) is 0 Å². The smallest absolute Gasteiger partial charge is 0.280 e. The van der Waals surface area contributed by atoms with Crippen molar-refractivity contribution in [2.75, 3.05) is 6.54 Å². The zero-order valence-electron chi connectivity index (χ0n) is 11.2. The summed E-state index contributed by atoms with van der Waals surface area (Å²) in [6.45, 7) is -0.0830. The maximum Gasteiger partial charge on any atom is 0.280 e. The summed E-state index contributed by atoms with van der Waals surface area (Å²) in [5.74, 6) is -0.964. The van der Waals surface area contributed by atoms with Crippen LogP contribution in [0.4, 0.5) is 0 Å². The number of hydrogen-bond donors (Lipinski definition) is 2. The summed E-state index contributed by atoms with van der Waals surface area (Å²) in [4.78, 5) is 31.1. The van der Waals surface area contributed by atoms with Gasteiger partial charge in [-0.05, 0) is 24.3 Å². The molecule has 3 N–H and O–H groups in total. The van der Waals surface area contributed by atoms with Crippen LogP contribution in [0.5, 0.6) is 5.75 Å². The highest BCUT2D eigenvalue weighted by atomic mass is 16.5. The van der Waals surface area contributed by atoms with Crippen LogP contribution in [0.3, 0.4) is 0 Å². The predicted octanol–water partition coefficient (Wildman–Crippen LogP) is 0.271. The van der Waals surface area contributed by atoms with E-state index in [4.69, 9.17) is 10.5 Å². The van der Waals surface area contributed by atoms with E-state index in [0.29, 0.717) is 5.69 Å². The number of hydrogen-bond acceptors (Lipinski definition) is 6. The maximum atomic E-state index is 11.9. The third kappa shape index (κ3) is 4.08. The molecule has 0 fully saturated rings. The summed E-state index contributed by atoms with van der Waals surface area (Å²) >= 11 is 0. The lowest BCUT2D eigenvalue weighted by Crippen LogP contribution is -2.36. The van der Waals surface area contributed by atoms with Gasteiger partial charge >= 0.3 is 0 Å². The summed E-state index contributed by atoms with van der Waals surface area (Å²) in [6.07, 6.45) is 3.09. The third-order valence-corrected chi connectivity index (χ3v) is 2.53. The van der Waals surface area contributed by atoms with Gasteiger partial charge in [0.2, 0.25) is 5.91 Å². The molecule has 7 nitrogen and oxygen atoms in total. The van der Waals surface area contributed by atoms with Crippen LogP contribution < -0.4 is 15.8 Å². The number of nitrogens with one attached hydrogen (secondary N) is 1. The number of imide groups is 1. The number of nitrogens with two attached hydrogens (primary N) is 1. The first-order valence-electron chi connectivity index (χ1n) is 6.22. The second kappa shape index (κ2) is 7.11. The molecule has 0 spiro atoms. The highest BCUT2D eigenvalue weighted by Crippen LogP contribution is 2.16. The first-order valence-corrected chi connectivity index (χ1v) is 6.22. The van der Waals surface area contributed by atoms with Gasteiger partial charge in [-0.2, -0.15) is 0 Å². The Morgan fingerprint density at radius 3 is 2.67 bits per heavy atom. The quantitative estimate of drug-likeness (QED) is 0.817. The first-order chi connectivity index (χ1) is 10.2. The Morgan fingerprint density at radius 2 is 1.95 bits per heavy atom. The van der Waals surface area contributed by atoms with Crippen molar-refractivity contribution in [3.63, 3.8) is 0 Å². The lowest BCUT2D eigenvalue weighted by Gasteiger charge is -2.09. The molecule has 2 aromatic heterocycles. The van der Waals surface area contributed by atoms with Crippen molar-refractivity contribution in [1.82, 2.24) is 15.3 Å². The Balaban J connectivity index is 2.09. The van der Waals surface area contributed by atoms with Crippen LogP contribution >= 0.6 is 0 Å². The molecule has 0 aliphatic rings. The summed E-state index contributed by atoms with van der Waals surface area (Å²) in [7, 11) is 0. The second-order valence-electron chi connectivity index (χ2n) is 4.04. The molecule has 0 aromatic carbocycles. The van der Waals surface area contributed by atoms with Gasteiger partial charge in [0.1, 0.15) is 6.61 Å². The second-order valence-corrected chi connectivity index (χ2v) is 4.04. The van der Waals surface area contributed by atoms with Crippen molar-refractivity contribution in [3.8, 4) is 5.75 Å². The van der Waals surface area contributed by atoms with Crippen LogP contribution in [0.2, 0.25) is 0 Å². The average Bonchev–Trinajstić information content (AvgIpc) is 2.54. The van der Waals surface area contributed by atoms with Gasteiger partial charge < -0.3 is 10.5 Å². The van der Waals surface area contributed by atoms with Gasteiger partial charge in [0, 0.05) is 12.4 Å². The number of rotatable bonds is 5. The van der Waals surface area contributed by atoms with Gasteiger partial charge in [-0.15, -0.1) is 0 Å². The summed E-state index contributed by atoms with van der Waals surface area (Å²) < 4.78 is 5.53. The molecule has 0 aliphatic carbocycles. The maximum absolute atomic E-state index is 11.9. The van der Waals surface area contributed by atoms with Crippen LogP contribution in [0.1, 0.15) is 16.2 Å². The van der Waals surface area contributed by atoms with Crippen molar-refractivity contribution >= 4 is 11.8 Å². The normalized spacial score (nSPS) is 9.95. The first kappa shape index (κ1) is 14.6. The van der Waals surface area contributed by atoms with E-state index in [1.54, 1.807) is 30.5 Å². The number of nitrogens with zero attached hydrogens (tertiary/aromatic N) is 2. The van der Waals surface area contributed by atoms with Crippen molar-refractivity contribution in [2.24, 2.45) is 5.73 Å². The minimum atomic E-state index is -0.651. The molecule has 0 bridgehead atoms. The highest BCUT2D eigenvalue weighted by molar-refractivity contribution is 6.05. The van der Waals surface area contributed by atoms with Gasteiger partial charge in [-0.25, -0.2) is 4.98 Å². The molecular weight excluding hydrogens is 272 g/mol. The fraction of sp³-hybridized carbons (Fsp3) is 0.143.